The third kappa shape index (κ3) is 5.28. The molecule has 33 heavy (non-hydrogen) atoms. The van der Waals surface area contributed by atoms with Crippen molar-refractivity contribution in [3.63, 3.8) is 0 Å². The average Bonchev–Trinajstić information content (AvgIpc) is 3.02. The fraction of sp³-hybridized carbons (Fsp3) is 0.407. The molecule has 2 atom stereocenters. The quantitative estimate of drug-likeness (QED) is 0.503. The van der Waals surface area contributed by atoms with E-state index in [9.17, 15) is 4.79 Å². The first-order valence-electron chi connectivity index (χ1n) is 11.7. The minimum atomic E-state index is -0.347. The molecule has 1 aliphatic heterocycles. The van der Waals surface area contributed by atoms with Crippen LogP contribution in [-0.4, -0.2) is 47.2 Å². The first-order valence-corrected chi connectivity index (χ1v) is 11.7. The Kier molecular flexibility index (Phi) is 6.84. The third-order valence-electron chi connectivity index (χ3n) is 6.38. The van der Waals surface area contributed by atoms with E-state index in [0.29, 0.717) is 6.42 Å². The van der Waals surface area contributed by atoms with E-state index in [1.165, 1.54) is 5.56 Å². The number of amides is 1. The SMILES string of the molecule is COc1cc(NC(C)CCCN2C(=O)[C@@H](Cc3ccccc3)NC2(C)C)c2ncccc2c1. The van der Waals surface area contributed by atoms with Gasteiger partial charge in [-0.3, -0.25) is 15.1 Å². The highest BCUT2D eigenvalue weighted by Crippen LogP contribution is 2.29. The number of nitrogens with one attached hydrogen (secondary N) is 2. The van der Waals surface area contributed by atoms with Crippen LogP contribution in [0.15, 0.2) is 60.8 Å². The number of methoxy groups -OCH3 is 1. The van der Waals surface area contributed by atoms with Gasteiger partial charge in [-0.2, -0.15) is 0 Å². The number of carbonyl (C=O) groups excluding carboxylic acids is 1. The summed E-state index contributed by atoms with van der Waals surface area (Å²) in [4.78, 5) is 19.7. The summed E-state index contributed by atoms with van der Waals surface area (Å²) in [6.45, 7) is 7.08. The van der Waals surface area contributed by atoms with Gasteiger partial charge in [0.25, 0.3) is 0 Å². The normalized spacial score (nSPS) is 18.5. The topological polar surface area (TPSA) is 66.5 Å². The average molecular weight is 447 g/mol. The Morgan fingerprint density at radius 2 is 1.97 bits per heavy atom. The summed E-state index contributed by atoms with van der Waals surface area (Å²) in [6, 6.07) is 18.2. The number of nitrogens with zero attached hydrogens (tertiary/aromatic N) is 2. The predicted molar refractivity (Wildman–Crippen MR) is 133 cm³/mol. The van der Waals surface area contributed by atoms with Gasteiger partial charge in [-0.1, -0.05) is 36.4 Å². The zero-order valence-electron chi connectivity index (χ0n) is 20.0. The van der Waals surface area contributed by atoms with Gasteiger partial charge >= 0.3 is 0 Å². The molecule has 0 saturated carbocycles. The monoisotopic (exact) mass is 446 g/mol. The molecule has 1 saturated heterocycles. The molecule has 6 nitrogen and oxygen atoms in total. The number of pyridine rings is 1. The number of rotatable bonds is 9. The van der Waals surface area contributed by atoms with Crippen LogP contribution >= 0.6 is 0 Å². The summed E-state index contributed by atoms with van der Waals surface area (Å²) in [6.07, 6.45) is 4.38. The zero-order chi connectivity index (χ0) is 23.4. The maximum atomic E-state index is 13.1. The number of fused-ring (bicyclic) bond motifs is 1. The summed E-state index contributed by atoms with van der Waals surface area (Å²) in [5.74, 6) is 0.998. The van der Waals surface area contributed by atoms with Crippen LogP contribution in [0.2, 0.25) is 0 Å². The maximum absolute atomic E-state index is 13.1. The Morgan fingerprint density at radius 3 is 2.73 bits per heavy atom. The van der Waals surface area contributed by atoms with E-state index >= 15 is 0 Å². The Morgan fingerprint density at radius 1 is 1.18 bits per heavy atom. The second-order valence-corrected chi connectivity index (χ2v) is 9.37. The van der Waals surface area contributed by atoms with Crippen molar-refractivity contribution in [2.45, 2.75) is 57.8 Å². The molecule has 0 spiro atoms. The molecule has 1 unspecified atom stereocenters. The van der Waals surface area contributed by atoms with Crippen molar-refractivity contribution in [1.82, 2.24) is 15.2 Å². The van der Waals surface area contributed by atoms with Crippen LogP contribution in [0.3, 0.4) is 0 Å². The van der Waals surface area contributed by atoms with Gasteiger partial charge in [0.2, 0.25) is 5.91 Å². The summed E-state index contributed by atoms with van der Waals surface area (Å²) in [5, 5.41) is 8.17. The van der Waals surface area contributed by atoms with Crippen LogP contribution < -0.4 is 15.4 Å². The molecular weight excluding hydrogens is 412 g/mol. The second-order valence-electron chi connectivity index (χ2n) is 9.37. The van der Waals surface area contributed by atoms with Crippen molar-refractivity contribution in [2.24, 2.45) is 0 Å². The van der Waals surface area contributed by atoms with E-state index in [-0.39, 0.29) is 23.7 Å². The number of anilines is 1. The molecule has 4 rings (SSSR count). The van der Waals surface area contributed by atoms with Gasteiger partial charge in [0.05, 0.1) is 30.0 Å². The molecule has 0 bridgehead atoms. The van der Waals surface area contributed by atoms with Crippen molar-refractivity contribution in [1.29, 1.82) is 0 Å². The van der Waals surface area contributed by atoms with Crippen LogP contribution in [0.25, 0.3) is 10.9 Å². The maximum Gasteiger partial charge on any atom is 0.241 e. The Bertz CT molecular complexity index is 1100. The van der Waals surface area contributed by atoms with Gasteiger partial charge in [0.15, 0.2) is 0 Å². The van der Waals surface area contributed by atoms with Crippen molar-refractivity contribution in [2.75, 3.05) is 19.0 Å². The summed E-state index contributed by atoms with van der Waals surface area (Å²) >= 11 is 0. The van der Waals surface area contributed by atoms with Crippen molar-refractivity contribution >= 4 is 22.5 Å². The van der Waals surface area contributed by atoms with E-state index < -0.39 is 0 Å². The largest absolute Gasteiger partial charge is 0.497 e. The van der Waals surface area contributed by atoms with Crippen molar-refractivity contribution < 1.29 is 9.53 Å². The number of hydrogen-bond acceptors (Lipinski definition) is 5. The molecular formula is C27H34N4O2. The minimum absolute atomic E-state index is 0.174. The fourth-order valence-electron chi connectivity index (χ4n) is 4.69. The van der Waals surface area contributed by atoms with E-state index in [1.54, 1.807) is 7.11 Å². The number of hydrogen-bond donors (Lipinski definition) is 2. The van der Waals surface area contributed by atoms with E-state index in [4.69, 9.17) is 4.74 Å². The molecule has 2 N–H and O–H groups in total. The molecule has 174 valence electrons. The van der Waals surface area contributed by atoms with Gasteiger partial charge < -0.3 is 15.0 Å². The molecule has 2 aromatic carbocycles. The zero-order valence-corrected chi connectivity index (χ0v) is 20.0. The van der Waals surface area contributed by atoms with Crippen molar-refractivity contribution in [3.05, 3.63) is 66.4 Å². The smallest absolute Gasteiger partial charge is 0.241 e. The van der Waals surface area contributed by atoms with E-state index in [1.807, 2.05) is 53.6 Å². The van der Waals surface area contributed by atoms with E-state index in [0.717, 1.165) is 41.7 Å². The Hall–Kier alpha value is -3.12. The van der Waals surface area contributed by atoms with Gasteiger partial charge in [0, 0.05) is 30.2 Å². The second kappa shape index (κ2) is 9.79. The lowest BCUT2D eigenvalue weighted by molar-refractivity contribution is -0.131. The molecule has 1 aliphatic rings. The van der Waals surface area contributed by atoms with E-state index in [2.05, 4.69) is 48.5 Å². The first kappa shape index (κ1) is 23.1. The van der Waals surface area contributed by atoms with Gasteiger partial charge in [-0.15, -0.1) is 0 Å². The summed E-state index contributed by atoms with van der Waals surface area (Å²) in [7, 11) is 1.68. The van der Waals surface area contributed by atoms with Gasteiger partial charge in [-0.05, 0) is 57.7 Å². The molecule has 2 heterocycles. The van der Waals surface area contributed by atoms with Crippen LogP contribution in [0, 0.1) is 0 Å². The molecule has 3 aromatic rings. The molecule has 6 heteroatoms. The first-order chi connectivity index (χ1) is 15.9. The Labute approximate surface area is 196 Å². The minimum Gasteiger partial charge on any atom is -0.497 e. The molecule has 0 radical (unpaired) electrons. The number of carbonyl (C=O) groups is 1. The highest BCUT2D eigenvalue weighted by Gasteiger charge is 2.43. The van der Waals surface area contributed by atoms with Crippen LogP contribution in [0.5, 0.6) is 5.75 Å². The third-order valence-corrected chi connectivity index (χ3v) is 6.38. The van der Waals surface area contributed by atoms with Gasteiger partial charge in [-0.25, -0.2) is 0 Å². The standard InChI is InChI=1S/C27H34N4O2/c1-19(29-23-18-22(33-4)17-21-13-8-14-28-25(21)23)10-9-15-31-26(32)24(30-27(31,2)3)16-20-11-6-5-7-12-20/h5-8,11-14,17-19,24,29-30H,9-10,15-16H2,1-4H3/t19?,24-/m1/s1. The lowest BCUT2D eigenvalue weighted by Gasteiger charge is -2.31. The molecule has 1 fully saturated rings. The molecule has 1 aromatic heterocycles. The van der Waals surface area contributed by atoms with Crippen LogP contribution in [-0.2, 0) is 11.2 Å². The number of benzene rings is 2. The highest BCUT2D eigenvalue weighted by atomic mass is 16.5. The predicted octanol–water partition coefficient (Wildman–Crippen LogP) is 4.60. The summed E-state index contributed by atoms with van der Waals surface area (Å²) < 4.78 is 5.46. The highest BCUT2D eigenvalue weighted by molar-refractivity contribution is 5.92. The molecule has 1 amide bonds. The number of aromatic nitrogens is 1. The van der Waals surface area contributed by atoms with Crippen LogP contribution in [0.4, 0.5) is 5.69 Å². The van der Waals surface area contributed by atoms with Gasteiger partial charge in [0.1, 0.15) is 5.75 Å². The lowest BCUT2D eigenvalue weighted by atomic mass is 10.1. The summed E-state index contributed by atoms with van der Waals surface area (Å²) in [5.41, 5.74) is 2.74. The van der Waals surface area contributed by atoms with Crippen molar-refractivity contribution in [3.8, 4) is 5.75 Å². The Balaban J connectivity index is 1.35. The lowest BCUT2D eigenvalue weighted by Crippen LogP contribution is -2.47. The molecule has 0 aliphatic carbocycles. The van der Waals surface area contributed by atoms with Crippen LogP contribution in [0.1, 0.15) is 39.2 Å². The fourth-order valence-corrected chi connectivity index (χ4v) is 4.69. The number of ether oxygens (including phenoxy) is 1.